The number of pyridine rings is 1. The number of carbonyl (C=O) groups excluding carboxylic acids is 1. The van der Waals surface area contributed by atoms with Gasteiger partial charge in [-0.2, -0.15) is 13.2 Å². The molecule has 3 rings (SSSR count). The Hall–Kier alpha value is -3.01. The predicted octanol–water partition coefficient (Wildman–Crippen LogP) is 6.19. The minimum atomic E-state index is -4.62. The van der Waals surface area contributed by atoms with E-state index in [0.29, 0.717) is 6.07 Å². The smallest absolute Gasteiger partial charge is 0.417 e. The number of halogens is 6. The highest BCUT2D eigenvalue weighted by Gasteiger charge is 2.33. The van der Waals surface area contributed by atoms with Gasteiger partial charge in [-0.1, -0.05) is 15.9 Å². The zero-order valence-electron chi connectivity index (χ0n) is 14.2. The molecule has 1 amide bonds. The van der Waals surface area contributed by atoms with E-state index in [2.05, 4.69) is 26.2 Å². The molecule has 3 aromatic rings. The highest BCUT2D eigenvalue weighted by molar-refractivity contribution is 9.10. The van der Waals surface area contributed by atoms with Gasteiger partial charge in [0, 0.05) is 16.7 Å². The summed E-state index contributed by atoms with van der Waals surface area (Å²) in [5, 5.41) is 2.24. The fraction of sp³-hybridized carbons (Fsp3) is 0.0526. The van der Waals surface area contributed by atoms with Gasteiger partial charge in [-0.3, -0.25) is 4.79 Å². The number of amides is 1. The van der Waals surface area contributed by atoms with Gasteiger partial charge in [0.15, 0.2) is 0 Å². The number of nitrogens with one attached hydrogen (secondary N) is 1. The van der Waals surface area contributed by atoms with Crippen LogP contribution in [0, 0.1) is 11.6 Å². The third-order valence-electron chi connectivity index (χ3n) is 3.65. The van der Waals surface area contributed by atoms with Crippen LogP contribution in [0.5, 0.6) is 11.6 Å². The predicted molar refractivity (Wildman–Crippen MR) is 97.8 cm³/mol. The Balaban J connectivity index is 1.89. The molecule has 0 spiro atoms. The fourth-order valence-corrected chi connectivity index (χ4v) is 2.79. The number of hydrogen-bond acceptors (Lipinski definition) is 3. The molecule has 0 aliphatic carbocycles. The van der Waals surface area contributed by atoms with Crippen molar-refractivity contribution < 1.29 is 31.5 Å². The van der Waals surface area contributed by atoms with E-state index >= 15 is 0 Å². The molecule has 0 saturated heterocycles. The molecule has 0 aliphatic heterocycles. The largest absolute Gasteiger partial charge is 0.438 e. The number of anilines is 1. The lowest BCUT2D eigenvalue weighted by atomic mass is 10.2. The first kappa shape index (κ1) is 20.7. The number of nitrogens with zero attached hydrogens (tertiary/aromatic N) is 1. The van der Waals surface area contributed by atoms with Crippen molar-refractivity contribution in [2.75, 3.05) is 5.32 Å². The lowest BCUT2D eigenvalue weighted by Gasteiger charge is -2.13. The summed E-state index contributed by atoms with van der Waals surface area (Å²) in [5.41, 5.74) is -1.41. The molecule has 0 unspecified atom stereocenters. The Bertz CT molecular complexity index is 1070. The summed E-state index contributed by atoms with van der Waals surface area (Å²) in [7, 11) is 0. The molecule has 4 nitrogen and oxygen atoms in total. The molecule has 0 aliphatic rings. The summed E-state index contributed by atoms with van der Waals surface area (Å²) in [5.74, 6) is -3.15. The zero-order chi connectivity index (χ0) is 21.2. The molecule has 29 heavy (non-hydrogen) atoms. The molecule has 10 heteroatoms. The SMILES string of the molecule is O=C(Nc1ccc(F)cc1F)c1cccnc1Oc1ccc(Br)c(C(F)(F)F)c1. The van der Waals surface area contributed by atoms with Gasteiger partial charge >= 0.3 is 6.18 Å². The van der Waals surface area contributed by atoms with Gasteiger partial charge in [-0.25, -0.2) is 13.8 Å². The van der Waals surface area contributed by atoms with E-state index < -0.39 is 29.3 Å². The maximum atomic E-state index is 13.8. The van der Waals surface area contributed by atoms with Crippen molar-refractivity contribution >= 4 is 27.5 Å². The molecule has 2 aromatic carbocycles. The van der Waals surface area contributed by atoms with Crippen LogP contribution in [-0.2, 0) is 6.18 Å². The molecule has 0 saturated carbocycles. The maximum Gasteiger partial charge on any atom is 0.417 e. The normalized spacial score (nSPS) is 11.2. The molecule has 150 valence electrons. The molecule has 0 radical (unpaired) electrons. The van der Waals surface area contributed by atoms with Crippen LogP contribution in [0.2, 0.25) is 0 Å². The van der Waals surface area contributed by atoms with Crippen LogP contribution < -0.4 is 10.1 Å². The van der Waals surface area contributed by atoms with E-state index in [4.69, 9.17) is 4.74 Å². The van der Waals surface area contributed by atoms with Crippen LogP contribution in [0.4, 0.5) is 27.6 Å². The third-order valence-corrected chi connectivity index (χ3v) is 4.34. The number of ether oxygens (including phenoxy) is 1. The summed E-state index contributed by atoms with van der Waals surface area (Å²) in [6.45, 7) is 0. The van der Waals surface area contributed by atoms with Gasteiger partial charge in [0.05, 0.1) is 11.3 Å². The van der Waals surface area contributed by atoms with Crippen LogP contribution >= 0.6 is 15.9 Å². The maximum absolute atomic E-state index is 13.8. The first-order valence-electron chi connectivity index (χ1n) is 7.91. The number of hydrogen-bond donors (Lipinski definition) is 1. The quantitative estimate of drug-likeness (QED) is 0.461. The van der Waals surface area contributed by atoms with Crippen LogP contribution in [0.1, 0.15) is 15.9 Å². The van der Waals surface area contributed by atoms with Crippen LogP contribution in [0.15, 0.2) is 59.2 Å². The van der Waals surface area contributed by atoms with E-state index in [1.54, 1.807) is 0 Å². The van der Waals surface area contributed by atoms with Crippen LogP contribution in [-0.4, -0.2) is 10.9 Å². The number of alkyl halides is 3. The second-order valence-corrected chi connectivity index (χ2v) is 6.53. The Morgan fingerprint density at radius 3 is 2.52 bits per heavy atom. The number of rotatable bonds is 4. The second-order valence-electron chi connectivity index (χ2n) is 5.68. The summed E-state index contributed by atoms with van der Waals surface area (Å²) >= 11 is 2.82. The lowest BCUT2D eigenvalue weighted by Crippen LogP contribution is -2.14. The van der Waals surface area contributed by atoms with E-state index in [9.17, 15) is 26.7 Å². The van der Waals surface area contributed by atoms with E-state index in [-0.39, 0.29) is 27.4 Å². The highest BCUT2D eigenvalue weighted by atomic mass is 79.9. The molecule has 0 bridgehead atoms. The van der Waals surface area contributed by atoms with Crippen molar-refractivity contribution in [3.05, 3.63) is 82.0 Å². The van der Waals surface area contributed by atoms with Crippen molar-refractivity contribution in [2.45, 2.75) is 6.18 Å². The first-order chi connectivity index (χ1) is 13.6. The Kier molecular flexibility index (Phi) is 5.83. The van der Waals surface area contributed by atoms with Crippen molar-refractivity contribution in [3.63, 3.8) is 0 Å². The number of aromatic nitrogens is 1. The fourth-order valence-electron chi connectivity index (χ4n) is 2.32. The summed E-state index contributed by atoms with van der Waals surface area (Å²) in [4.78, 5) is 16.3. The Labute approximate surface area is 169 Å². The van der Waals surface area contributed by atoms with Gasteiger partial charge in [-0.15, -0.1) is 0 Å². The molecular weight excluding hydrogens is 463 g/mol. The zero-order valence-corrected chi connectivity index (χ0v) is 15.8. The summed E-state index contributed by atoms with van der Waals surface area (Å²) in [6.07, 6.45) is -3.35. The molecule has 1 heterocycles. The molecular formula is C19H10BrF5N2O2. The van der Waals surface area contributed by atoms with E-state index in [0.717, 1.165) is 24.3 Å². The van der Waals surface area contributed by atoms with Crippen molar-refractivity contribution in [3.8, 4) is 11.6 Å². The van der Waals surface area contributed by atoms with Crippen molar-refractivity contribution in [1.29, 1.82) is 0 Å². The number of benzene rings is 2. The Morgan fingerprint density at radius 1 is 1.07 bits per heavy atom. The summed E-state index contributed by atoms with van der Waals surface area (Å²) in [6, 6.07) is 8.43. The average Bonchev–Trinajstić information content (AvgIpc) is 2.65. The average molecular weight is 473 g/mol. The molecule has 0 atom stereocenters. The Morgan fingerprint density at radius 2 is 1.83 bits per heavy atom. The van der Waals surface area contributed by atoms with Gasteiger partial charge in [0.2, 0.25) is 5.88 Å². The topological polar surface area (TPSA) is 51.2 Å². The molecule has 1 aromatic heterocycles. The second kappa shape index (κ2) is 8.16. The van der Waals surface area contributed by atoms with Crippen LogP contribution in [0.25, 0.3) is 0 Å². The molecule has 1 N–H and O–H groups in total. The number of carbonyl (C=O) groups is 1. The standard InChI is InChI=1S/C19H10BrF5N2O2/c20-14-5-4-11(9-13(14)19(23,24)25)29-18-12(2-1-7-26-18)17(28)27-16-6-3-10(21)8-15(16)22/h1-9H,(H,27,28). The first-order valence-corrected chi connectivity index (χ1v) is 8.70. The highest BCUT2D eigenvalue weighted by Crippen LogP contribution is 2.38. The van der Waals surface area contributed by atoms with Gasteiger partial charge in [-0.05, 0) is 42.5 Å². The van der Waals surface area contributed by atoms with Gasteiger partial charge < -0.3 is 10.1 Å². The minimum absolute atomic E-state index is 0.160. The van der Waals surface area contributed by atoms with Crippen molar-refractivity contribution in [2.24, 2.45) is 0 Å². The van der Waals surface area contributed by atoms with Gasteiger partial charge in [0.1, 0.15) is 22.9 Å². The van der Waals surface area contributed by atoms with E-state index in [1.807, 2.05) is 0 Å². The van der Waals surface area contributed by atoms with Gasteiger partial charge in [0.25, 0.3) is 5.91 Å². The monoisotopic (exact) mass is 472 g/mol. The summed E-state index contributed by atoms with van der Waals surface area (Å²) < 4.78 is 71.1. The lowest BCUT2D eigenvalue weighted by molar-refractivity contribution is -0.138. The molecule has 0 fully saturated rings. The minimum Gasteiger partial charge on any atom is -0.438 e. The van der Waals surface area contributed by atoms with Crippen LogP contribution in [0.3, 0.4) is 0 Å². The van der Waals surface area contributed by atoms with Crippen molar-refractivity contribution in [1.82, 2.24) is 4.98 Å². The van der Waals surface area contributed by atoms with E-state index in [1.165, 1.54) is 24.4 Å². The third kappa shape index (κ3) is 4.89.